The quantitative estimate of drug-likeness (QED) is 0.475. The van der Waals surface area contributed by atoms with Gasteiger partial charge in [0, 0.05) is 41.3 Å². The molecular weight excluding hydrogens is 352 g/mol. The second-order valence-electron chi connectivity index (χ2n) is 7.27. The van der Waals surface area contributed by atoms with Crippen LogP contribution in [0, 0.1) is 0 Å². The van der Waals surface area contributed by atoms with E-state index in [0.717, 1.165) is 53.3 Å². The van der Waals surface area contributed by atoms with Gasteiger partial charge in [0.15, 0.2) is 0 Å². The van der Waals surface area contributed by atoms with Gasteiger partial charge in [0.05, 0.1) is 18.5 Å². The van der Waals surface area contributed by atoms with Crippen LogP contribution in [0.25, 0.3) is 10.9 Å². The number of aliphatic imine (C=N–C) groups is 1. The number of nitrogens with zero attached hydrogens (tertiary/aromatic N) is 1. The summed E-state index contributed by atoms with van der Waals surface area (Å²) in [6.45, 7) is 1.29. The molecule has 0 unspecified atom stereocenters. The minimum Gasteiger partial charge on any atom is -0.497 e. The van der Waals surface area contributed by atoms with E-state index in [1.54, 1.807) is 7.11 Å². The summed E-state index contributed by atoms with van der Waals surface area (Å²) in [6, 6.07) is 14.5. The first-order valence-corrected chi connectivity index (χ1v) is 9.55. The van der Waals surface area contributed by atoms with Crippen LogP contribution in [-0.4, -0.2) is 37.3 Å². The van der Waals surface area contributed by atoms with Gasteiger partial charge in [-0.1, -0.05) is 18.2 Å². The van der Waals surface area contributed by atoms with E-state index in [1.807, 2.05) is 12.1 Å². The number of fused-ring (bicyclic) bond motifs is 7. The standard InChI is InChI=1S/C22H22N4O2/c1-28-14-6-7-17-19(12-14)26-22(9-11-23-13-27)20(17)24-10-8-16-15-4-2-3-5-18(15)25-21(16)22/h2-7,12-13,25-26H,8-11H2,1H3,(H,23,27)/t22-/m1/s1. The smallest absolute Gasteiger partial charge is 0.207 e. The fourth-order valence-corrected chi connectivity index (χ4v) is 4.61. The van der Waals surface area contributed by atoms with Crippen LogP contribution in [0.2, 0.25) is 0 Å². The number of carbonyl (C=O) groups is 1. The number of hydrogen-bond acceptors (Lipinski definition) is 4. The Bertz CT molecular complexity index is 1100. The lowest BCUT2D eigenvalue weighted by molar-refractivity contribution is -0.109. The number of amides is 1. The molecule has 2 aromatic carbocycles. The van der Waals surface area contributed by atoms with Crippen LogP contribution in [0.15, 0.2) is 47.5 Å². The van der Waals surface area contributed by atoms with E-state index in [9.17, 15) is 4.79 Å². The first-order valence-electron chi connectivity index (χ1n) is 9.55. The summed E-state index contributed by atoms with van der Waals surface area (Å²) in [4.78, 5) is 19.6. The van der Waals surface area contributed by atoms with E-state index >= 15 is 0 Å². The van der Waals surface area contributed by atoms with Crippen LogP contribution in [0.3, 0.4) is 0 Å². The lowest BCUT2D eigenvalue weighted by Gasteiger charge is -2.30. The van der Waals surface area contributed by atoms with E-state index in [1.165, 1.54) is 10.9 Å². The van der Waals surface area contributed by atoms with Crippen molar-refractivity contribution < 1.29 is 9.53 Å². The minimum atomic E-state index is -0.504. The molecule has 0 aliphatic carbocycles. The average molecular weight is 374 g/mol. The van der Waals surface area contributed by atoms with E-state index < -0.39 is 5.54 Å². The Hall–Kier alpha value is -3.28. The summed E-state index contributed by atoms with van der Waals surface area (Å²) in [7, 11) is 1.67. The molecule has 142 valence electrons. The normalized spacial score (nSPS) is 19.7. The number of methoxy groups -OCH3 is 1. The van der Waals surface area contributed by atoms with E-state index in [-0.39, 0.29) is 0 Å². The molecule has 3 heterocycles. The highest BCUT2D eigenvalue weighted by molar-refractivity contribution is 6.17. The molecule has 1 aromatic heterocycles. The zero-order valence-electron chi connectivity index (χ0n) is 15.7. The van der Waals surface area contributed by atoms with Crippen LogP contribution in [0.5, 0.6) is 5.75 Å². The molecule has 3 N–H and O–H groups in total. The molecule has 28 heavy (non-hydrogen) atoms. The fraction of sp³-hybridized carbons (Fsp3) is 0.273. The van der Waals surface area contributed by atoms with Crippen LogP contribution >= 0.6 is 0 Å². The number of aromatic amines is 1. The number of carbonyl (C=O) groups excluding carboxylic acids is 1. The van der Waals surface area contributed by atoms with Crippen molar-refractivity contribution in [2.45, 2.75) is 18.4 Å². The topological polar surface area (TPSA) is 78.5 Å². The summed E-state index contributed by atoms with van der Waals surface area (Å²) >= 11 is 0. The molecule has 3 aromatic rings. The summed E-state index contributed by atoms with van der Waals surface area (Å²) in [5, 5.41) is 7.81. The maximum atomic E-state index is 10.9. The molecule has 2 aliphatic heterocycles. The third-order valence-corrected chi connectivity index (χ3v) is 5.83. The van der Waals surface area contributed by atoms with Crippen molar-refractivity contribution in [1.29, 1.82) is 0 Å². The SMILES string of the molecule is COc1ccc2c(c1)N[C@]1(CCNC=O)C2=NCCc2c1[nH]c1ccccc21. The van der Waals surface area contributed by atoms with Gasteiger partial charge in [0.2, 0.25) is 6.41 Å². The van der Waals surface area contributed by atoms with Gasteiger partial charge in [-0.2, -0.15) is 0 Å². The molecule has 0 saturated carbocycles. The molecule has 5 rings (SSSR count). The Balaban J connectivity index is 1.73. The van der Waals surface area contributed by atoms with Crippen molar-refractivity contribution >= 4 is 28.7 Å². The second-order valence-corrected chi connectivity index (χ2v) is 7.27. The van der Waals surface area contributed by atoms with Crippen LogP contribution in [0.4, 0.5) is 5.69 Å². The lowest BCUT2D eigenvalue weighted by atomic mass is 9.84. The molecule has 2 aliphatic rings. The van der Waals surface area contributed by atoms with Crippen molar-refractivity contribution in [3.63, 3.8) is 0 Å². The predicted molar refractivity (Wildman–Crippen MR) is 110 cm³/mol. The Morgan fingerprint density at radius 3 is 3.04 bits per heavy atom. The molecule has 1 atom stereocenters. The molecule has 0 spiro atoms. The monoisotopic (exact) mass is 374 g/mol. The first-order chi connectivity index (χ1) is 13.8. The number of anilines is 1. The summed E-state index contributed by atoms with van der Waals surface area (Å²) in [5.74, 6) is 0.807. The number of hydrogen-bond donors (Lipinski definition) is 3. The Labute approximate surface area is 163 Å². The summed E-state index contributed by atoms with van der Waals surface area (Å²) < 4.78 is 5.42. The molecule has 0 saturated heterocycles. The number of aromatic nitrogens is 1. The van der Waals surface area contributed by atoms with E-state index in [2.05, 4.69) is 45.9 Å². The number of rotatable bonds is 5. The summed E-state index contributed by atoms with van der Waals surface area (Å²) in [5.41, 5.74) is 6.21. The highest BCUT2D eigenvalue weighted by atomic mass is 16.5. The molecule has 6 nitrogen and oxygen atoms in total. The van der Waals surface area contributed by atoms with Crippen molar-refractivity contribution in [2.75, 3.05) is 25.5 Å². The van der Waals surface area contributed by atoms with Crippen molar-refractivity contribution in [3.05, 3.63) is 59.3 Å². The number of benzene rings is 2. The molecule has 0 bridgehead atoms. The zero-order valence-corrected chi connectivity index (χ0v) is 15.7. The highest BCUT2D eigenvalue weighted by Crippen LogP contribution is 2.46. The maximum Gasteiger partial charge on any atom is 0.207 e. The van der Waals surface area contributed by atoms with Crippen molar-refractivity contribution in [3.8, 4) is 5.75 Å². The maximum absolute atomic E-state index is 10.9. The van der Waals surface area contributed by atoms with Crippen molar-refractivity contribution in [1.82, 2.24) is 10.3 Å². The van der Waals surface area contributed by atoms with Gasteiger partial charge in [0.25, 0.3) is 0 Å². The molecule has 6 heteroatoms. The van der Waals surface area contributed by atoms with Gasteiger partial charge in [0.1, 0.15) is 11.3 Å². The van der Waals surface area contributed by atoms with Crippen LogP contribution in [-0.2, 0) is 16.8 Å². The molecule has 0 radical (unpaired) electrons. The zero-order chi connectivity index (χ0) is 19.1. The first kappa shape index (κ1) is 16.9. The predicted octanol–water partition coefficient (Wildman–Crippen LogP) is 2.98. The number of ether oxygens (including phenoxy) is 1. The van der Waals surface area contributed by atoms with Gasteiger partial charge in [-0.15, -0.1) is 0 Å². The van der Waals surface area contributed by atoms with Gasteiger partial charge in [-0.05, 0) is 36.6 Å². The fourth-order valence-electron chi connectivity index (χ4n) is 4.61. The van der Waals surface area contributed by atoms with Crippen molar-refractivity contribution in [2.24, 2.45) is 4.99 Å². The van der Waals surface area contributed by atoms with E-state index in [0.29, 0.717) is 13.0 Å². The number of H-pyrrole nitrogens is 1. The number of para-hydroxylation sites is 1. The average Bonchev–Trinajstić information content (AvgIpc) is 3.20. The Kier molecular flexibility index (Phi) is 3.86. The van der Waals surface area contributed by atoms with Gasteiger partial charge in [-0.3, -0.25) is 9.79 Å². The van der Waals surface area contributed by atoms with Gasteiger partial charge in [-0.25, -0.2) is 0 Å². The van der Waals surface area contributed by atoms with Crippen LogP contribution in [0.1, 0.15) is 23.2 Å². The summed E-state index contributed by atoms with van der Waals surface area (Å²) in [6.07, 6.45) is 2.33. The Morgan fingerprint density at radius 1 is 1.29 bits per heavy atom. The molecular formula is C22H22N4O2. The largest absolute Gasteiger partial charge is 0.497 e. The third-order valence-electron chi connectivity index (χ3n) is 5.83. The van der Waals surface area contributed by atoms with E-state index in [4.69, 9.17) is 9.73 Å². The molecule has 1 amide bonds. The second kappa shape index (κ2) is 6.41. The minimum absolute atomic E-state index is 0.504. The highest BCUT2D eigenvalue weighted by Gasteiger charge is 2.47. The number of nitrogens with one attached hydrogen (secondary N) is 3. The Morgan fingerprint density at radius 2 is 2.18 bits per heavy atom. The van der Waals surface area contributed by atoms with Crippen LogP contribution < -0.4 is 15.4 Å². The van der Waals surface area contributed by atoms with Gasteiger partial charge < -0.3 is 20.4 Å². The molecule has 0 fully saturated rings. The lowest BCUT2D eigenvalue weighted by Crippen LogP contribution is -2.42. The third kappa shape index (κ3) is 2.34. The van der Waals surface area contributed by atoms with Gasteiger partial charge >= 0.3 is 0 Å².